The highest BCUT2D eigenvalue weighted by Gasteiger charge is 2.21. The molecular weight excluding hydrogens is 344 g/mol. The van der Waals surface area contributed by atoms with Crippen LogP contribution in [0, 0.1) is 0 Å². The summed E-state index contributed by atoms with van der Waals surface area (Å²) in [6, 6.07) is 8.58. The molecule has 2 heterocycles. The van der Waals surface area contributed by atoms with Gasteiger partial charge in [-0.1, -0.05) is 6.07 Å². The molecule has 0 amide bonds. The van der Waals surface area contributed by atoms with Crippen LogP contribution in [0.1, 0.15) is 29.3 Å². The van der Waals surface area contributed by atoms with E-state index in [1.807, 2.05) is 17.5 Å². The maximum atomic E-state index is 12.4. The summed E-state index contributed by atoms with van der Waals surface area (Å²) in [6.45, 7) is 1.67. The summed E-state index contributed by atoms with van der Waals surface area (Å²) >= 11 is 1.49. The Morgan fingerprint density at radius 3 is 2.48 bits per heavy atom. The molecule has 0 aliphatic heterocycles. The molecule has 1 aromatic carbocycles. The van der Waals surface area contributed by atoms with Crippen molar-refractivity contribution in [1.29, 1.82) is 0 Å². The Bertz CT molecular complexity index is 838. The number of ether oxygens (including phenoxy) is 3. The molecule has 0 aliphatic carbocycles. The predicted molar refractivity (Wildman–Crippen MR) is 91.0 cm³/mol. The van der Waals surface area contributed by atoms with Gasteiger partial charge in [0, 0.05) is 6.07 Å². The molecular formula is C17H16N2O5S. The minimum absolute atomic E-state index is 0.228. The van der Waals surface area contributed by atoms with Crippen molar-refractivity contribution >= 4 is 17.3 Å². The number of carbonyl (C=O) groups excluding carboxylic acids is 1. The van der Waals surface area contributed by atoms with Gasteiger partial charge in [-0.25, -0.2) is 4.79 Å². The second-order valence-electron chi connectivity index (χ2n) is 5.07. The molecule has 0 fully saturated rings. The standard InChI is InChI=1S/C17H16N2O5S/c1-10(15-18-19-16(24-15)14-5-4-6-25-14)23-17(20)11-7-12(21-2)9-13(8-11)22-3/h4-10H,1-3H3/t10-/m1/s1. The summed E-state index contributed by atoms with van der Waals surface area (Å²) in [6.07, 6.45) is -0.689. The average molecular weight is 360 g/mol. The minimum Gasteiger partial charge on any atom is -0.497 e. The number of nitrogens with zero attached hydrogens (tertiary/aromatic N) is 2. The van der Waals surface area contributed by atoms with Crippen LogP contribution in [0.3, 0.4) is 0 Å². The van der Waals surface area contributed by atoms with Crippen molar-refractivity contribution in [2.24, 2.45) is 0 Å². The zero-order valence-electron chi connectivity index (χ0n) is 13.9. The molecule has 0 saturated heterocycles. The molecule has 3 rings (SSSR count). The van der Waals surface area contributed by atoms with Gasteiger partial charge in [-0.2, -0.15) is 0 Å². The molecule has 130 valence electrons. The molecule has 0 N–H and O–H groups in total. The van der Waals surface area contributed by atoms with E-state index in [2.05, 4.69) is 10.2 Å². The molecule has 2 aromatic heterocycles. The van der Waals surface area contributed by atoms with Gasteiger partial charge in [0.05, 0.1) is 24.7 Å². The highest BCUT2D eigenvalue weighted by atomic mass is 32.1. The van der Waals surface area contributed by atoms with E-state index in [1.165, 1.54) is 25.6 Å². The van der Waals surface area contributed by atoms with Gasteiger partial charge in [0.15, 0.2) is 6.10 Å². The SMILES string of the molecule is COc1cc(OC)cc(C(=O)O[C@H](C)c2nnc(-c3cccs3)o2)c1. The second-order valence-corrected chi connectivity index (χ2v) is 6.02. The Kier molecular flexibility index (Phi) is 4.99. The lowest BCUT2D eigenvalue weighted by molar-refractivity contribution is 0.0279. The number of hydrogen-bond donors (Lipinski definition) is 0. The monoisotopic (exact) mass is 360 g/mol. The van der Waals surface area contributed by atoms with Gasteiger partial charge in [-0.15, -0.1) is 21.5 Å². The fraction of sp³-hybridized carbons (Fsp3) is 0.235. The van der Waals surface area contributed by atoms with E-state index in [9.17, 15) is 4.79 Å². The first-order chi connectivity index (χ1) is 12.1. The molecule has 1 atom stereocenters. The summed E-state index contributed by atoms with van der Waals surface area (Å²) in [5.74, 6) is 1.08. The Labute approximate surface area is 148 Å². The second kappa shape index (κ2) is 7.35. The van der Waals surface area contributed by atoms with Crippen LogP contribution >= 0.6 is 11.3 Å². The van der Waals surface area contributed by atoms with E-state index >= 15 is 0 Å². The van der Waals surface area contributed by atoms with Crippen molar-refractivity contribution in [3.63, 3.8) is 0 Å². The van der Waals surface area contributed by atoms with Gasteiger partial charge < -0.3 is 18.6 Å². The van der Waals surface area contributed by atoms with Crippen molar-refractivity contribution in [3.05, 3.63) is 47.2 Å². The van der Waals surface area contributed by atoms with Crippen LogP contribution in [-0.2, 0) is 4.74 Å². The van der Waals surface area contributed by atoms with Crippen molar-refractivity contribution < 1.29 is 23.4 Å². The lowest BCUT2D eigenvalue weighted by Gasteiger charge is -2.11. The van der Waals surface area contributed by atoms with Crippen LogP contribution < -0.4 is 9.47 Å². The Morgan fingerprint density at radius 2 is 1.88 bits per heavy atom. The van der Waals surface area contributed by atoms with Crippen LogP contribution in [0.2, 0.25) is 0 Å². The number of carbonyl (C=O) groups is 1. The first-order valence-electron chi connectivity index (χ1n) is 7.42. The fourth-order valence-electron chi connectivity index (χ4n) is 2.10. The predicted octanol–water partition coefficient (Wildman–Crippen LogP) is 3.73. The van der Waals surface area contributed by atoms with Crippen LogP contribution in [0.25, 0.3) is 10.8 Å². The average Bonchev–Trinajstić information content (AvgIpc) is 3.32. The lowest BCUT2D eigenvalue weighted by atomic mass is 10.2. The van der Waals surface area contributed by atoms with Gasteiger partial charge in [0.2, 0.25) is 0 Å². The van der Waals surface area contributed by atoms with Gasteiger partial charge in [0.1, 0.15) is 11.5 Å². The number of esters is 1. The van der Waals surface area contributed by atoms with Crippen molar-refractivity contribution in [2.45, 2.75) is 13.0 Å². The number of benzene rings is 1. The number of thiophene rings is 1. The summed E-state index contributed by atoms with van der Waals surface area (Å²) < 4.78 is 21.3. The Hall–Kier alpha value is -2.87. The van der Waals surface area contributed by atoms with Crippen LogP contribution in [0.15, 0.2) is 40.1 Å². The molecule has 25 heavy (non-hydrogen) atoms. The molecule has 0 bridgehead atoms. The molecule has 8 heteroatoms. The molecule has 0 radical (unpaired) electrons. The number of aromatic nitrogens is 2. The van der Waals surface area contributed by atoms with E-state index in [1.54, 1.807) is 25.1 Å². The first kappa shape index (κ1) is 17.0. The maximum absolute atomic E-state index is 12.4. The quantitative estimate of drug-likeness (QED) is 0.619. The van der Waals surface area contributed by atoms with Gasteiger partial charge >= 0.3 is 5.97 Å². The third kappa shape index (κ3) is 3.80. The van der Waals surface area contributed by atoms with Crippen LogP contribution in [-0.4, -0.2) is 30.4 Å². The smallest absolute Gasteiger partial charge is 0.339 e. The zero-order chi connectivity index (χ0) is 17.8. The van der Waals surface area contributed by atoms with E-state index < -0.39 is 12.1 Å². The minimum atomic E-state index is -0.689. The summed E-state index contributed by atoms with van der Waals surface area (Å²) in [5, 5.41) is 9.84. The first-order valence-corrected chi connectivity index (χ1v) is 8.30. The van der Waals surface area contributed by atoms with E-state index in [0.717, 1.165) is 4.88 Å². The van der Waals surface area contributed by atoms with E-state index in [0.29, 0.717) is 23.0 Å². The highest BCUT2D eigenvalue weighted by molar-refractivity contribution is 7.13. The lowest BCUT2D eigenvalue weighted by Crippen LogP contribution is -2.10. The summed E-state index contributed by atoms with van der Waals surface area (Å²) in [5.41, 5.74) is 0.307. The molecule has 0 spiro atoms. The topological polar surface area (TPSA) is 83.7 Å². The molecule has 7 nitrogen and oxygen atoms in total. The largest absolute Gasteiger partial charge is 0.497 e. The number of methoxy groups -OCH3 is 2. The van der Waals surface area contributed by atoms with Crippen LogP contribution in [0.5, 0.6) is 11.5 Å². The zero-order valence-corrected chi connectivity index (χ0v) is 14.7. The maximum Gasteiger partial charge on any atom is 0.339 e. The Balaban J connectivity index is 1.74. The van der Waals surface area contributed by atoms with Gasteiger partial charge in [-0.3, -0.25) is 0 Å². The Morgan fingerprint density at radius 1 is 1.16 bits per heavy atom. The van der Waals surface area contributed by atoms with Crippen molar-refractivity contribution in [3.8, 4) is 22.3 Å². The van der Waals surface area contributed by atoms with E-state index in [-0.39, 0.29) is 5.89 Å². The summed E-state index contributed by atoms with van der Waals surface area (Å²) in [7, 11) is 3.02. The normalized spacial score (nSPS) is 11.8. The number of rotatable bonds is 6. The molecule has 3 aromatic rings. The number of hydrogen-bond acceptors (Lipinski definition) is 8. The highest BCUT2D eigenvalue weighted by Crippen LogP contribution is 2.27. The van der Waals surface area contributed by atoms with Crippen molar-refractivity contribution in [2.75, 3.05) is 14.2 Å². The molecule has 0 aliphatic rings. The van der Waals surface area contributed by atoms with Gasteiger partial charge in [-0.05, 0) is 30.5 Å². The van der Waals surface area contributed by atoms with Gasteiger partial charge in [0.25, 0.3) is 11.8 Å². The van der Waals surface area contributed by atoms with E-state index in [4.69, 9.17) is 18.6 Å². The molecule has 0 saturated carbocycles. The molecule has 0 unspecified atom stereocenters. The third-order valence-electron chi connectivity index (χ3n) is 3.39. The third-order valence-corrected chi connectivity index (χ3v) is 4.25. The van der Waals surface area contributed by atoms with Crippen LogP contribution in [0.4, 0.5) is 0 Å². The van der Waals surface area contributed by atoms with Crippen molar-refractivity contribution in [1.82, 2.24) is 10.2 Å². The fourth-order valence-corrected chi connectivity index (χ4v) is 2.75. The summed E-state index contributed by atoms with van der Waals surface area (Å²) in [4.78, 5) is 13.2.